The number of phenolic OH excluding ortho intramolecular Hbond substituents is 1. The topological polar surface area (TPSA) is 50.7 Å². The van der Waals surface area contributed by atoms with Crippen LogP contribution in [-0.4, -0.2) is 31.4 Å². The highest BCUT2D eigenvalue weighted by Gasteiger charge is 2.26. The Kier molecular flexibility index (Phi) is 2.81. The lowest BCUT2D eigenvalue weighted by molar-refractivity contribution is 0.167. The minimum absolute atomic E-state index is 0.320. The molecule has 4 nitrogen and oxygen atoms in total. The zero-order chi connectivity index (χ0) is 11.7. The normalized spacial score (nSPS) is 23.4. The number of hydrogen-bond acceptors (Lipinski definition) is 4. The fourth-order valence-electron chi connectivity index (χ4n) is 2.62. The first-order valence-electron chi connectivity index (χ1n) is 6.18. The molecule has 0 spiro atoms. The number of hydrogen-bond donors (Lipinski definition) is 2. The summed E-state index contributed by atoms with van der Waals surface area (Å²) in [6.07, 6.45) is 2.22. The third kappa shape index (κ3) is 1.93. The largest absolute Gasteiger partial charge is 0.508 e. The smallest absolute Gasteiger partial charge is 0.168 e. The number of ether oxygens (including phenoxy) is 2. The molecule has 1 atom stereocenters. The van der Waals surface area contributed by atoms with Gasteiger partial charge in [0.05, 0.1) is 0 Å². The number of fused-ring (bicyclic) bond motifs is 1. The Morgan fingerprint density at radius 3 is 2.94 bits per heavy atom. The minimum Gasteiger partial charge on any atom is -0.508 e. The van der Waals surface area contributed by atoms with E-state index in [1.54, 1.807) is 12.1 Å². The van der Waals surface area contributed by atoms with Crippen LogP contribution < -0.4 is 14.8 Å². The van der Waals surface area contributed by atoms with Gasteiger partial charge in [0.25, 0.3) is 0 Å². The number of aromatic hydroxyl groups is 1. The van der Waals surface area contributed by atoms with Gasteiger partial charge in [0.2, 0.25) is 0 Å². The lowest BCUT2D eigenvalue weighted by atomic mass is 9.90. The first-order valence-corrected chi connectivity index (χ1v) is 6.18. The van der Waals surface area contributed by atoms with E-state index in [-0.39, 0.29) is 0 Å². The summed E-state index contributed by atoms with van der Waals surface area (Å²) >= 11 is 0. The molecule has 0 radical (unpaired) electrons. The Bertz CT molecular complexity index is 413. The predicted molar refractivity (Wildman–Crippen MR) is 63.9 cm³/mol. The highest BCUT2D eigenvalue weighted by Crippen LogP contribution is 2.44. The molecule has 1 unspecified atom stereocenters. The molecule has 17 heavy (non-hydrogen) atoms. The summed E-state index contributed by atoms with van der Waals surface area (Å²) in [5.41, 5.74) is 0.911. The van der Waals surface area contributed by atoms with Gasteiger partial charge < -0.3 is 19.9 Å². The molecule has 3 rings (SSSR count). The average Bonchev–Trinajstić information content (AvgIpc) is 2.39. The summed E-state index contributed by atoms with van der Waals surface area (Å²) < 4.78 is 11.2. The van der Waals surface area contributed by atoms with Crippen LogP contribution in [0.25, 0.3) is 0 Å². The molecule has 0 aromatic heterocycles. The van der Waals surface area contributed by atoms with Crippen LogP contribution >= 0.6 is 0 Å². The molecule has 2 N–H and O–H groups in total. The van der Waals surface area contributed by atoms with Crippen molar-refractivity contribution in [2.45, 2.75) is 18.8 Å². The van der Waals surface area contributed by atoms with E-state index in [4.69, 9.17) is 9.47 Å². The molecule has 0 saturated carbocycles. The van der Waals surface area contributed by atoms with E-state index < -0.39 is 0 Å². The average molecular weight is 235 g/mol. The van der Waals surface area contributed by atoms with E-state index in [0.717, 1.165) is 43.0 Å². The van der Waals surface area contributed by atoms with Crippen molar-refractivity contribution >= 4 is 0 Å². The fourth-order valence-corrected chi connectivity index (χ4v) is 2.62. The second kappa shape index (κ2) is 4.45. The predicted octanol–water partition coefficient (Wildman–Crippen LogP) is 1.63. The zero-order valence-electron chi connectivity index (χ0n) is 9.74. The third-order valence-corrected chi connectivity index (χ3v) is 3.43. The van der Waals surface area contributed by atoms with Crippen molar-refractivity contribution < 1.29 is 14.6 Å². The zero-order valence-corrected chi connectivity index (χ0v) is 9.74. The van der Waals surface area contributed by atoms with Crippen LogP contribution in [0.2, 0.25) is 0 Å². The second-order valence-corrected chi connectivity index (χ2v) is 4.57. The third-order valence-electron chi connectivity index (χ3n) is 3.43. The SMILES string of the molecule is Oc1ccc2c(c1C1CCCNC1)OCCO2. The number of benzene rings is 1. The summed E-state index contributed by atoms with van der Waals surface area (Å²) in [6.45, 7) is 3.10. The lowest BCUT2D eigenvalue weighted by Gasteiger charge is -2.28. The number of rotatable bonds is 1. The van der Waals surface area contributed by atoms with Crippen molar-refractivity contribution in [2.24, 2.45) is 0 Å². The summed E-state index contributed by atoms with van der Waals surface area (Å²) in [6, 6.07) is 3.49. The van der Waals surface area contributed by atoms with Crippen molar-refractivity contribution in [2.75, 3.05) is 26.3 Å². The van der Waals surface area contributed by atoms with Crippen molar-refractivity contribution in [3.63, 3.8) is 0 Å². The van der Waals surface area contributed by atoms with Crippen LogP contribution in [0.5, 0.6) is 17.2 Å². The maximum absolute atomic E-state index is 10.1. The first-order chi connectivity index (χ1) is 8.36. The molecule has 4 heteroatoms. The molecule has 0 bridgehead atoms. The molecule has 1 saturated heterocycles. The molecular formula is C13H17NO3. The van der Waals surface area contributed by atoms with Gasteiger partial charge in [-0.05, 0) is 31.5 Å². The Balaban J connectivity index is 2.01. The highest BCUT2D eigenvalue weighted by atomic mass is 16.6. The van der Waals surface area contributed by atoms with Crippen molar-refractivity contribution in [3.8, 4) is 17.2 Å². The molecule has 1 aromatic rings. The van der Waals surface area contributed by atoms with Crippen LogP contribution in [0.15, 0.2) is 12.1 Å². The van der Waals surface area contributed by atoms with Gasteiger partial charge in [0, 0.05) is 18.0 Å². The summed E-state index contributed by atoms with van der Waals surface area (Å²) in [5.74, 6) is 2.14. The molecular weight excluding hydrogens is 218 g/mol. The Labute approximate surface area is 101 Å². The van der Waals surface area contributed by atoms with Crippen LogP contribution in [0.3, 0.4) is 0 Å². The first kappa shape index (κ1) is 10.7. The van der Waals surface area contributed by atoms with E-state index in [1.807, 2.05) is 0 Å². The van der Waals surface area contributed by atoms with Crippen molar-refractivity contribution in [1.82, 2.24) is 5.32 Å². The van der Waals surface area contributed by atoms with E-state index >= 15 is 0 Å². The summed E-state index contributed by atoms with van der Waals surface area (Å²) in [4.78, 5) is 0. The monoisotopic (exact) mass is 235 g/mol. The van der Waals surface area contributed by atoms with Gasteiger partial charge >= 0.3 is 0 Å². The minimum atomic E-state index is 0.320. The molecule has 92 valence electrons. The second-order valence-electron chi connectivity index (χ2n) is 4.57. The number of phenols is 1. The van der Waals surface area contributed by atoms with Crippen molar-refractivity contribution in [3.05, 3.63) is 17.7 Å². The molecule has 0 aliphatic carbocycles. The Morgan fingerprint density at radius 1 is 1.24 bits per heavy atom. The summed E-state index contributed by atoms with van der Waals surface area (Å²) in [5, 5.41) is 13.4. The van der Waals surface area contributed by atoms with E-state index in [2.05, 4.69) is 5.32 Å². The molecule has 2 aliphatic rings. The van der Waals surface area contributed by atoms with Crippen LogP contribution in [0, 0.1) is 0 Å². The Hall–Kier alpha value is -1.42. The van der Waals surface area contributed by atoms with Gasteiger partial charge in [-0.25, -0.2) is 0 Å². The highest BCUT2D eigenvalue weighted by molar-refractivity contribution is 5.55. The lowest BCUT2D eigenvalue weighted by Crippen LogP contribution is -2.29. The van der Waals surface area contributed by atoms with Gasteiger partial charge in [-0.3, -0.25) is 0 Å². The van der Waals surface area contributed by atoms with Gasteiger partial charge in [0.1, 0.15) is 19.0 Å². The van der Waals surface area contributed by atoms with E-state index in [0.29, 0.717) is 24.9 Å². The quantitative estimate of drug-likeness (QED) is 0.776. The van der Waals surface area contributed by atoms with Gasteiger partial charge in [-0.15, -0.1) is 0 Å². The maximum Gasteiger partial charge on any atom is 0.168 e. The number of piperidine rings is 1. The standard InChI is InChI=1S/C13H17NO3/c15-10-3-4-11-13(17-7-6-16-11)12(10)9-2-1-5-14-8-9/h3-4,9,14-15H,1-2,5-8H2. The van der Waals surface area contributed by atoms with Gasteiger partial charge in [-0.1, -0.05) is 0 Å². The number of nitrogens with one attached hydrogen (secondary N) is 1. The molecule has 1 fully saturated rings. The van der Waals surface area contributed by atoms with Gasteiger partial charge in [-0.2, -0.15) is 0 Å². The molecule has 2 heterocycles. The van der Waals surface area contributed by atoms with Crippen LogP contribution in [-0.2, 0) is 0 Å². The summed E-state index contributed by atoms with van der Waals surface area (Å²) in [7, 11) is 0. The fraction of sp³-hybridized carbons (Fsp3) is 0.538. The molecule has 2 aliphatic heterocycles. The molecule has 1 aromatic carbocycles. The van der Waals surface area contributed by atoms with Crippen molar-refractivity contribution in [1.29, 1.82) is 0 Å². The Morgan fingerprint density at radius 2 is 2.12 bits per heavy atom. The van der Waals surface area contributed by atoms with Crippen LogP contribution in [0.1, 0.15) is 24.3 Å². The molecule has 0 amide bonds. The van der Waals surface area contributed by atoms with E-state index in [1.165, 1.54) is 0 Å². The maximum atomic E-state index is 10.1. The van der Waals surface area contributed by atoms with Gasteiger partial charge in [0.15, 0.2) is 11.5 Å². The van der Waals surface area contributed by atoms with E-state index in [9.17, 15) is 5.11 Å². The van der Waals surface area contributed by atoms with Crippen LogP contribution in [0.4, 0.5) is 0 Å².